The summed E-state index contributed by atoms with van der Waals surface area (Å²) in [4.78, 5) is 27.1. The number of hydrogen-bond acceptors (Lipinski definition) is 5. The number of nitrogens with one attached hydrogen (secondary N) is 2. The smallest absolute Gasteiger partial charge is 0.253 e. The normalized spacial score (nSPS) is 15.0. The van der Waals surface area contributed by atoms with E-state index in [0.29, 0.717) is 11.3 Å². The molecule has 1 saturated heterocycles. The molecule has 1 fully saturated rings. The predicted octanol–water partition coefficient (Wildman–Crippen LogP) is 1.93. The minimum absolute atomic E-state index is 0. The fraction of sp³-hybridized carbons (Fsp3) is 0.389. The highest BCUT2D eigenvalue weighted by Crippen LogP contribution is 2.18. The van der Waals surface area contributed by atoms with Crippen LogP contribution in [-0.2, 0) is 11.8 Å². The molecule has 1 aromatic heterocycles. The lowest BCUT2D eigenvalue weighted by molar-refractivity contribution is -0.118. The monoisotopic (exact) mass is 409 g/mol. The highest BCUT2D eigenvalue weighted by atomic mass is 35.5. The second-order valence-corrected chi connectivity index (χ2v) is 7.37. The molecule has 0 aliphatic carbocycles. The van der Waals surface area contributed by atoms with Crippen LogP contribution in [0.4, 0.5) is 5.69 Å². The summed E-state index contributed by atoms with van der Waals surface area (Å²) in [5, 5.41) is 9.99. The molecule has 27 heavy (non-hydrogen) atoms. The molecule has 0 radical (unpaired) electrons. The van der Waals surface area contributed by atoms with Crippen molar-refractivity contribution in [2.45, 2.75) is 6.04 Å². The largest absolute Gasteiger partial charge is 0.337 e. The van der Waals surface area contributed by atoms with Gasteiger partial charge in [-0.25, -0.2) is 0 Å². The number of halogens is 1. The molecule has 2 heterocycles. The van der Waals surface area contributed by atoms with E-state index in [1.165, 1.54) is 0 Å². The van der Waals surface area contributed by atoms with E-state index < -0.39 is 6.04 Å². The number of carbonyl (C=O) groups is 2. The second-order valence-electron chi connectivity index (χ2n) is 6.14. The SMILES string of the molecule is CNC(C(=O)Nc1cccc(C(=O)N2CCSCC2)c1)c1cnn(C)c1.Cl. The lowest BCUT2D eigenvalue weighted by Gasteiger charge is -2.26. The topological polar surface area (TPSA) is 79.3 Å². The Morgan fingerprint density at radius 3 is 2.63 bits per heavy atom. The van der Waals surface area contributed by atoms with Gasteiger partial charge in [-0.05, 0) is 25.2 Å². The Labute approximate surface area is 169 Å². The number of thioether (sulfide) groups is 1. The zero-order chi connectivity index (χ0) is 18.5. The minimum atomic E-state index is -0.512. The van der Waals surface area contributed by atoms with Crippen LogP contribution in [0.3, 0.4) is 0 Å². The summed E-state index contributed by atoms with van der Waals surface area (Å²) in [7, 11) is 3.54. The molecule has 2 amide bonds. The maximum atomic E-state index is 12.6. The molecule has 9 heteroatoms. The molecule has 1 aliphatic rings. The Balaban J connectivity index is 0.00000261. The quantitative estimate of drug-likeness (QED) is 0.788. The number of aryl methyl sites for hydroxylation is 1. The van der Waals surface area contributed by atoms with Gasteiger partial charge in [-0.3, -0.25) is 14.3 Å². The molecule has 2 N–H and O–H groups in total. The average molecular weight is 410 g/mol. The van der Waals surface area contributed by atoms with Crippen LogP contribution in [0.2, 0.25) is 0 Å². The van der Waals surface area contributed by atoms with Crippen LogP contribution >= 0.6 is 24.2 Å². The van der Waals surface area contributed by atoms with Gasteiger partial charge in [-0.2, -0.15) is 16.9 Å². The lowest BCUT2D eigenvalue weighted by Crippen LogP contribution is -2.37. The lowest BCUT2D eigenvalue weighted by atomic mass is 10.1. The molecule has 146 valence electrons. The van der Waals surface area contributed by atoms with Crippen molar-refractivity contribution in [1.29, 1.82) is 0 Å². The van der Waals surface area contributed by atoms with Crippen LogP contribution in [0, 0.1) is 0 Å². The van der Waals surface area contributed by atoms with E-state index in [0.717, 1.165) is 30.2 Å². The first kappa shape index (κ1) is 21.3. The molecule has 0 saturated carbocycles. The van der Waals surface area contributed by atoms with E-state index in [1.54, 1.807) is 48.4 Å². The van der Waals surface area contributed by atoms with Crippen LogP contribution in [0.15, 0.2) is 36.7 Å². The first-order chi connectivity index (χ1) is 12.6. The fourth-order valence-corrected chi connectivity index (χ4v) is 3.83. The van der Waals surface area contributed by atoms with Crippen LogP contribution in [0.1, 0.15) is 22.0 Å². The number of likely N-dealkylation sites (N-methyl/N-ethyl adjacent to an activating group) is 1. The van der Waals surface area contributed by atoms with E-state index in [2.05, 4.69) is 15.7 Å². The average Bonchev–Trinajstić information content (AvgIpc) is 3.08. The van der Waals surface area contributed by atoms with Crippen LogP contribution in [0.25, 0.3) is 0 Å². The first-order valence-electron chi connectivity index (χ1n) is 8.52. The summed E-state index contributed by atoms with van der Waals surface area (Å²) >= 11 is 1.86. The predicted molar refractivity (Wildman–Crippen MR) is 111 cm³/mol. The third-order valence-corrected chi connectivity index (χ3v) is 5.23. The maximum absolute atomic E-state index is 12.6. The van der Waals surface area contributed by atoms with Crippen LogP contribution in [0.5, 0.6) is 0 Å². The number of aromatic nitrogens is 2. The van der Waals surface area contributed by atoms with Gasteiger partial charge in [-0.15, -0.1) is 12.4 Å². The van der Waals surface area contributed by atoms with Crippen molar-refractivity contribution in [2.75, 3.05) is 37.0 Å². The molecular formula is C18H24ClN5O2S. The Hall–Kier alpha value is -2.03. The summed E-state index contributed by atoms with van der Waals surface area (Å²) < 4.78 is 1.66. The zero-order valence-corrected chi connectivity index (χ0v) is 17.0. The minimum Gasteiger partial charge on any atom is -0.337 e. The molecule has 1 aliphatic heterocycles. The van der Waals surface area contributed by atoms with Crippen molar-refractivity contribution in [3.05, 3.63) is 47.8 Å². The Bertz CT molecular complexity index is 792. The summed E-state index contributed by atoms with van der Waals surface area (Å²) in [6.45, 7) is 1.53. The van der Waals surface area contributed by atoms with Crippen molar-refractivity contribution in [2.24, 2.45) is 7.05 Å². The van der Waals surface area contributed by atoms with Gasteiger partial charge in [0.05, 0.1) is 6.20 Å². The van der Waals surface area contributed by atoms with Crippen molar-refractivity contribution in [3.63, 3.8) is 0 Å². The van der Waals surface area contributed by atoms with Gasteiger partial charge in [0, 0.05) is 54.7 Å². The molecule has 2 aromatic rings. The third kappa shape index (κ3) is 5.24. The van der Waals surface area contributed by atoms with Gasteiger partial charge >= 0.3 is 0 Å². The number of nitrogens with zero attached hydrogens (tertiary/aromatic N) is 3. The van der Waals surface area contributed by atoms with Crippen LogP contribution < -0.4 is 10.6 Å². The first-order valence-corrected chi connectivity index (χ1v) is 9.67. The molecule has 7 nitrogen and oxygen atoms in total. The van der Waals surface area contributed by atoms with Gasteiger partial charge in [0.1, 0.15) is 6.04 Å². The van der Waals surface area contributed by atoms with E-state index >= 15 is 0 Å². The zero-order valence-electron chi connectivity index (χ0n) is 15.3. The summed E-state index contributed by atoms with van der Waals surface area (Å²) in [5.41, 5.74) is 1.99. The molecular weight excluding hydrogens is 386 g/mol. The van der Waals surface area contributed by atoms with Crippen LogP contribution in [-0.4, -0.2) is 58.1 Å². The Kier molecular flexibility index (Phi) is 7.70. The molecule has 1 unspecified atom stereocenters. The highest BCUT2D eigenvalue weighted by molar-refractivity contribution is 7.99. The van der Waals surface area contributed by atoms with Gasteiger partial charge < -0.3 is 15.5 Å². The van der Waals surface area contributed by atoms with Gasteiger partial charge in [0.15, 0.2) is 0 Å². The van der Waals surface area contributed by atoms with Crippen molar-refractivity contribution in [1.82, 2.24) is 20.0 Å². The molecule has 0 spiro atoms. The number of anilines is 1. The van der Waals surface area contributed by atoms with E-state index in [9.17, 15) is 9.59 Å². The maximum Gasteiger partial charge on any atom is 0.253 e. The molecule has 1 aromatic carbocycles. The van der Waals surface area contributed by atoms with Gasteiger partial charge in [0.2, 0.25) is 5.91 Å². The number of hydrogen-bond donors (Lipinski definition) is 2. The fourth-order valence-electron chi connectivity index (χ4n) is 2.93. The van der Waals surface area contributed by atoms with Crippen molar-refractivity contribution >= 4 is 41.7 Å². The Morgan fingerprint density at radius 2 is 2.00 bits per heavy atom. The number of amides is 2. The van der Waals surface area contributed by atoms with E-state index in [-0.39, 0.29) is 24.2 Å². The molecule has 1 atom stereocenters. The molecule has 3 rings (SSSR count). The summed E-state index contributed by atoms with van der Waals surface area (Å²) in [6.07, 6.45) is 3.46. The summed E-state index contributed by atoms with van der Waals surface area (Å²) in [5.74, 6) is 1.76. The second kappa shape index (κ2) is 9.77. The summed E-state index contributed by atoms with van der Waals surface area (Å²) in [6, 6.07) is 6.59. The van der Waals surface area contributed by atoms with E-state index in [1.807, 2.05) is 23.7 Å². The van der Waals surface area contributed by atoms with E-state index in [4.69, 9.17) is 0 Å². The molecule has 0 bridgehead atoms. The standard InChI is InChI=1S/C18H23N5O2S.ClH/c1-19-16(14-11-20-22(2)12-14)17(24)21-15-5-3-4-13(10-15)18(25)23-6-8-26-9-7-23;/h3-5,10-12,16,19H,6-9H2,1-2H3,(H,21,24);1H. The number of rotatable bonds is 5. The van der Waals surface area contributed by atoms with Gasteiger partial charge in [0.25, 0.3) is 5.91 Å². The van der Waals surface area contributed by atoms with Crippen molar-refractivity contribution < 1.29 is 9.59 Å². The number of benzene rings is 1. The Morgan fingerprint density at radius 1 is 1.26 bits per heavy atom. The van der Waals surface area contributed by atoms with Gasteiger partial charge in [-0.1, -0.05) is 6.07 Å². The highest BCUT2D eigenvalue weighted by Gasteiger charge is 2.22. The number of carbonyl (C=O) groups excluding carboxylic acids is 2. The van der Waals surface area contributed by atoms with Crippen molar-refractivity contribution in [3.8, 4) is 0 Å². The third-order valence-electron chi connectivity index (χ3n) is 4.28.